The van der Waals surface area contributed by atoms with Gasteiger partial charge in [-0.1, -0.05) is 0 Å². The number of rotatable bonds is 8. The molecule has 7 nitrogen and oxygen atoms in total. The summed E-state index contributed by atoms with van der Waals surface area (Å²) in [5, 5.41) is 0. The molecule has 2 aromatic carbocycles. The maximum absolute atomic E-state index is 13.7. The molecule has 1 saturated heterocycles. The van der Waals surface area contributed by atoms with E-state index in [0.29, 0.717) is 0 Å². The Bertz CT molecular complexity index is 1230. The number of hydrogen-bond donors (Lipinski definition) is 0. The van der Waals surface area contributed by atoms with Gasteiger partial charge in [-0.25, -0.2) is 0 Å². The first-order valence-electron chi connectivity index (χ1n) is 10.2. The Morgan fingerprint density at radius 1 is 0.848 bits per heavy atom. The summed E-state index contributed by atoms with van der Waals surface area (Å²) in [7, 11) is -7.88. The van der Waals surface area contributed by atoms with E-state index in [-0.39, 0.29) is 14.2 Å². The van der Waals surface area contributed by atoms with E-state index in [4.69, 9.17) is 7.45 Å². The van der Waals surface area contributed by atoms with Crippen LogP contribution < -0.4 is 0 Å². The van der Waals surface area contributed by atoms with Crippen LogP contribution in [0.2, 0.25) is 0 Å². The Balaban J connectivity index is 2.12. The zero-order valence-corrected chi connectivity index (χ0v) is 22.2. The molecule has 0 N–H and O–H groups in total. The van der Waals surface area contributed by atoms with Crippen molar-refractivity contribution in [1.29, 1.82) is 0 Å². The van der Waals surface area contributed by atoms with E-state index in [1.54, 1.807) is 43.3 Å². The first-order valence-corrected chi connectivity index (χ1v) is 16.7. The van der Waals surface area contributed by atoms with Crippen molar-refractivity contribution in [2.75, 3.05) is 11.5 Å². The van der Waals surface area contributed by atoms with Crippen LogP contribution in [-0.2, 0) is 30.9 Å². The first-order chi connectivity index (χ1) is 15.3. The van der Waals surface area contributed by atoms with Crippen molar-refractivity contribution in [3.8, 4) is 0 Å². The third-order valence-corrected chi connectivity index (χ3v) is 14.5. The summed E-state index contributed by atoms with van der Waals surface area (Å²) in [6.07, 6.45) is 2.83. The molecule has 1 heterocycles. The molecule has 3 rings (SSSR count). The topological polar surface area (TPSA) is 104 Å². The molecule has 10 heteroatoms. The van der Waals surface area contributed by atoms with Crippen LogP contribution in [0.3, 0.4) is 0 Å². The molecule has 178 valence electrons. The van der Waals surface area contributed by atoms with Gasteiger partial charge in [0.2, 0.25) is 0 Å². The summed E-state index contributed by atoms with van der Waals surface area (Å²) >= 11 is -4.85. The van der Waals surface area contributed by atoms with Crippen molar-refractivity contribution in [2.24, 2.45) is 0 Å². The minimum atomic E-state index is -4.85. The standard InChI is InChI=1S/C23H27AsO7S2/c1-5-19(6-2)24(25)30-22(3,17-32(26,27)20-13-9-7-10-14-20)23(4,31-24)18-33(28,29)21-15-11-8-12-16-21/h5-16H,1,17-18H2,2-4H3/b19-6+. The van der Waals surface area contributed by atoms with E-state index in [9.17, 15) is 20.6 Å². The molecule has 0 bridgehead atoms. The predicted octanol–water partition coefficient (Wildman–Crippen LogP) is 3.54. The van der Waals surface area contributed by atoms with Gasteiger partial charge in [0, 0.05) is 0 Å². The van der Waals surface area contributed by atoms with Crippen molar-refractivity contribution in [3.05, 3.63) is 83.8 Å². The van der Waals surface area contributed by atoms with Crippen LogP contribution in [-0.4, -0.2) is 53.7 Å². The van der Waals surface area contributed by atoms with Gasteiger partial charge in [0.1, 0.15) is 0 Å². The Morgan fingerprint density at radius 3 is 1.52 bits per heavy atom. The van der Waals surface area contributed by atoms with Crippen LogP contribution in [0.4, 0.5) is 0 Å². The van der Waals surface area contributed by atoms with E-state index in [1.807, 2.05) is 0 Å². The SMILES string of the molecule is C=C/C(=C\C)[As]1(=O)OC(C)(CS(=O)(=O)c2ccccc2)C(C)(CS(=O)(=O)c2ccccc2)O1. The third-order valence-electron chi connectivity index (χ3n) is 5.72. The van der Waals surface area contributed by atoms with Gasteiger partial charge in [-0.3, -0.25) is 0 Å². The molecule has 1 aliphatic rings. The van der Waals surface area contributed by atoms with E-state index >= 15 is 0 Å². The molecular formula is C23H27AsO7S2. The molecule has 0 amide bonds. The van der Waals surface area contributed by atoms with E-state index in [0.717, 1.165) is 0 Å². The predicted molar refractivity (Wildman–Crippen MR) is 126 cm³/mol. The Kier molecular flexibility index (Phi) is 7.04. The molecule has 1 fully saturated rings. The Labute approximate surface area is 198 Å². The molecule has 0 saturated carbocycles. The summed E-state index contributed by atoms with van der Waals surface area (Å²) in [5.41, 5.74) is -3.45. The zero-order chi connectivity index (χ0) is 24.5. The second-order valence-electron chi connectivity index (χ2n) is 8.20. The maximum atomic E-state index is 13.7. The summed E-state index contributed by atoms with van der Waals surface area (Å²) in [6, 6.07) is 15.5. The van der Waals surface area contributed by atoms with E-state index < -0.39 is 56.6 Å². The van der Waals surface area contributed by atoms with Crippen LogP contribution >= 0.6 is 0 Å². The molecule has 2 aromatic rings. The quantitative estimate of drug-likeness (QED) is 0.363. The van der Waals surface area contributed by atoms with Gasteiger partial charge < -0.3 is 0 Å². The van der Waals surface area contributed by atoms with Gasteiger partial charge >= 0.3 is 199 Å². The molecule has 33 heavy (non-hydrogen) atoms. The molecule has 0 aromatic heterocycles. The molecule has 0 aliphatic carbocycles. The van der Waals surface area contributed by atoms with Crippen molar-refractivity contribution in [1.82, 2.24) is 0 Å². The Morgan fingerprint density at radius 2 is 1.21 bits per heavy atom. The van der Waals surface area contributed by atoms with E-state index in [1.165, 1.54) is 50.3 Å². The van der Waals surface area contributed by atoms with Gasteiger partial charge in [-0.2, -0.15) is 0 Å². The normalized spacial score (nSPS) is 28.5. The van der Waals surface area contributed by atoms with Crippen molar-refractivity contribution in [2.45, 2.75) is 41.8 Å². The monoisotopic (exact) mass is 554 g/mol. The number of sulfone groups is 2. The fourth-order valence-corrected chi connectivity index (χ4v) is 12.7. The number of benzene rings is 2. The fraction of sp³-hybridized carbons (Fsp3) is 0.304. The minimum absolute atomic E-state index is 0.0482. The molecule has 2 atom stereocenters. The van der Waals surface area contributed by atoms with Gasteiger partial charge in [-0.05, 0) is 0 Å². The van der Waals surface area contributed by atoms with Crippen molar-refractivity contribution in [3.63, 3.8) is 0 Å². The fourth-order valence-electron chi connectivity index (χ4n) is 3.74. The average molecular weight is 555 g/mol. The molecule has 1 aliphatic heterocycles. The van der Waals surface area contributed by atoms with Gasteiger partial charge in [0.25, 0.3) is 0 Å². The number of allylic oxidation sites excluding steroid dienone is 3. The molecular weight excluding hydrogens is 527 g/mol. The summed E-state index contributed by atoms with van der Waals surface area (Å²) in [4.78, 5) is 0.0965. The molecule has 2 unspecified atom stereocenters. The first kappa shape index (κ1) is 25.7. The molecule has 0 spiro atoms. The van der Waals surface area contributed by atoms with E-state index in [2.05, 4.69) is 6.58 Å². The van der Waals surface area contributed by atoms with Gasteiger partial charge in [0.15, 0.2) is 0 Å². The third kappa shape index (κ3) is 4.98. The van der Waals surface area contributed by atoms with Gasteiger partial charge in [0.05, 0.1) is 0 Å². The van der Waals surface area contributed by atoms with Crippen LogP contribution in [0.15, 0.2) is 93.5 Å². The second kappa shape index (κ2) is 9.04. The van der Waals surface area contributed by atoms with Crippen molar-refractivity contribution < 1.29 is 28.0 Å². The summed E-state index contributed by atoms with van der Waals surface area (Å²) in [5.74, 6) is -1.24. The van der Waals surface area contributed by atoms with Crippen LogP contribution in [0.25, 0.3) is 0 Å². The summed E-state index contributed by atoms with van der Waals surface area (Å²) < 4.78 is 78.8. The van der Waals surface area contributed by atoms with Gasteiger partial charge in [-0.15, -0.1) is 0 Å². The number of hydrogen-bond acceptors (Lipinski definition) is 7. The van der Waals surface area contributed by atoms with Crippen LogP contribution in [0, 0.1) is 0 Å². The summed E-state index contributed by atoms with van der Waals surface area (Å²) in [6.45, 7) is 8.14. The Hall–Kier alpha value is -1.90. The van der Waals surface area contributed by atoms with Crippen LogP contribution in [0.1, 0.15) is 20.8 Å². The zero-order valence-electron chi connectivity index (χ0n) is 18.7. The average Bonchev–Trinajstić information content (AvgIpc) is 2.93. The second-order valence-corrected chi connectivity index (χ2v) is 16.1. The van der Waals surface area contributed by atoms with Crippen LogP contribution in [0.5, 0.6) is 0 Å². The molecule has 0 radical (unpaired) electrons. The van der Waals surface area contributed by atoms with Crippen molar-refractivity contribution >= 4 is 33.8 Å².